The summed E-state index contributed by atoms with van der Waals surface area (Å²) in [6, 6.07) is 12.3. The Bertz CT molecular complexity index is 609. The van der Waals surface area contributed by atoms with Crippen molar-refractivity contribution in [1.82, 2.24) is 0 Å². The molecule has 2 atom stereocenters. The Hall–Kier alpha value is -1.65. The molecule has 2 aromatic rings. The molecule has 1 saturated carbocycles. The van der Waals surface area contributed by atoms with Gasteiger partial charge in [-0.25, -0.2) is 0 Å². The van der Waals surface area contributed by atoms with Gasteiger partial charge < -0.3 is 11.1 Å². The molecule has 3 nitrogen and oxygen atoms in total. The van der Waals surface area contributed by atoms with Gasteiger partial charge in [0.05, 0.1) is 0 Å². The third-order valence-electron chi connectivity index (χ3n) is 4.12. The topological polar surface area (TPSA) is 55.1 Å². The van der Waals surface area contributed by atoms with Crippen LogP contribution in [0.5, 0.6) is 0 Å². The van der Waals surface area contributed by atoms with Crippen LogP contribution in [-0.4, -0.2) is 11.9 Å². The number of benzene rings is 1. The molecule has 0 unspecified atom stereocenters. The van der Waals surface area contributed by atoms with E-state index in [2.05, 4.69) is 22.8 Å². The van der Waals surface area contributed by atoms with Gasteiger partial charge in [0.1, 0.15) is 0 Å². The number of thiophene rings is 1. The minimum absolute atomic E-state index is 0.0701. The van der Waals surface area contributed by atoms with Crippen molar-refractivity contribution in [2.75, 3.05) is 5.32 Å². The molecule has 0 saturated heterocycles. The molecule has 1 heterocycles. The van der Waals surface area contributed by atoms with Gasteiger partial charge in [-0.1, -0.05) is 24.6 Å². The van der Waals surface area contributed by atoms with Crippen molar-refractivity contribution in [1.29, 1.82) is 0 Å². The maximum atomic E-state index is 12.1. The molecule has 0 bridgehead atoms. The van der Waals surface area contributed by atoms with Gasteiger partial charge in [0.2, 0.25) is 5.91 Å². The van der Waals surface area contributed by atoms with Crippen LogP contribution in [-0.2, 0) is 4.79 Å². The molecular formula is C17H20N2OS. The van der Waals surface area contributed by atoms with Crippen molar-refractivity contribution < 1.29 is 4.79 Å². The minimum Gasteiger partial charge on any atom is -0.327 e. The van der Waals surface area contributed by atoms with Crippen LogP contribution in [0.1, 0.15) is 25.7 Å². The average Bonchev–Trinajstić information content (AvgIpc) is 3.12. The number of nitrogens with one attached hydrogen (secondary N) is 1. The lowest BCUT2D eigenvalue weighted by Gasteiger charge is -2.15. The number of hydrogen-bond acceptors (Lipinski definition) is 3. The molecule has 0 spiro atoms. The van der Waals surface area contributed by atoms with Crippen molar-refractivity contribution in [3.63, 3.8) is 0 Å². The predicted octanol–water partition coefficient (Wildman–Crippen LogP) is 3.87. The molecule has 1 aliphatic carbocycles. The van der Waals surface area contributed by atoms with Gasteiger partial charge in [-0.15, -0.1) is 11.3 Å². The van der Waals surface area contributed by atoms with Gasteiger partial charge in [0.15, 0.2) is 0 Å². The summed E-state index contributed by atoms with van der Waals surface area (Å²) in [6.07, 6.45) is 3.80. The molecule has 0 radical (unpaired) electrons. The largest absolute Gasteiger partial charge is 0.327 e. The Labute approximate surface area is 129 Å². The SMILES string of the molecule is N[C@@H]1CCC[C@H]1CC(=O)Nc1cccc(-c2cccs2)c1. The minimum atomic E-state index is 0.0701. The van der Waals surface area contributed by atoms with Crippen molar-refractivity contribution in [3.8, 4) is 10.4 Å². The molecule has 3 N–H and O–H groups in total. The van der Waals surface area contributed by atoms with E-state index in [9.17, 15) is 4.79 Å². The van der Waals surface area contributed by atoms with Gasteiger partial charge in [-0.2, -0.15) is 0 Å². The number of carbonyl (C=O) groups is 1. The van der Waals surface area contributed by atoms with Crippen molar-refractivity contribution in [2.45, 2.75) is 31.7 Å². The standard InChI is InChI=1S/C17H20N2OS/c18-15-7-2-4-12(15)11-17(20)19-14-6-1-5-13(10-14)16-8-3-9-21-16/h1,3,5-6,8-10,12,15H,2,4,7,11,18H2,(H,19,20)/t12-,15+/m0/s1. The zero-order chi connectivity index (χ0) is 14.7. The van der Waals surface area contributed by atoms with E-state index in [0.717, 1.165) is 30.5 Å². The molecule has 1 aliphatic rings. The van der Waals surface area contributed by atoms with E-state index in [4.69, 9.17) is 5.73 Å². The highest BCUT2D eigenvalue weighted by molar-refractivity contribution is 7.13. The molecular weight excluding hydrogens is 280 g/mol. The summed E-state index contributed by atoms with van der Waals surface area (Å²) in [5.74, 6) is 0.408. The number of carbonyl (C=O) groups excluding carboxylic acids is 1. The Kier molecular flexibility index (Phi) is 4.36. The first-order chi connectivity index (χ1) is 10.2. The first-order valence-electron chi connectivity index (χ1n) is 7.42. The van der Waals surface area contributed by atoms with E-state index in [1.165, 1.54) is 4.88 Å². The lowest BCUT2D eigenvalue weighted by molar-refractivity contribution is -0.117. The van der Waals surface area contributed by atoms with Crippen LogP contribution in [0.4, 0.5) is 5.69 Å². The van der Waals surface area contributed by atoms with Crippen LogP contribution in [0.25, 0.3) is 10.4 Å². The van der Waals surface area contributed by atoms with Crippen LogP contribution in [0.15, 0.2) is 41.8 Å². The molecule has 4 heteroatoms. The zero-order valence-electron chi connectivity index (χ0n) is 11.9. The van der Waals surface area contributed by atoms with Gasteiger partial charge in [0, 0.05) is 23.0 Å². The molecule has 1 fully saturated rings. The smallest absolute Gasteiger partial charge is 0.224 e. The van der Waals surface area contributed by atoms with Gasteiger partial charge >= 0.3 is 0 Å². The molecule has 21 heavy (non-hydrogen) atoms. The predicted molar refractivity (Wildman–Crippen MR) is 88.3 cm³/mol. The summed E-state index contributed by atoms with van der Waals surface area (Å²) in [5.41, 5.74) is 8.03. The van der Waals surface area contributed by atoms with Crippen LogP contribution < -0.4 is 11.1 Å². The number of amides is 1. The second kappa shape index (κ2) is 6.41. The van der Waals surface area contributed by atoms with E-state index < -0.39 is 0 Å². The Morgan fingerprint density at radius 3 is 2.90 bits per heavy atom. The van der Waals surface area contributed by atoms with E-state index in [0.29, 0.717) is 12.3 Å². The highest BCUT2D eigenvalue weighted by Gasteiger charge is 2.25. The second-order valence-corrected chi connectivity index (χ2v) is 6.61. The third kappa shape index (κ3) is 3.52. The summed E-state index contributed by atoms with van der Waals surface area (Å²) in [4.78, 5) is 13.4. The fraction of sp³-hybridized carbons (Fsp3) is 0.353. The number of rotatable bonds is 4. The molecule has 0 aliphatic heterocycles. The van der Waals surface area contributed by atoms with Crippen molar-refractivity contribution in [2.24, 2.45) is 11.7 Å². The van der Waals surface area contributed by atoms with Crippen LogP contribution in [0.3, 0.4) is 0 Å². The number of nitrogens with two attached hydrogens (primary N) is 1. The summed E-state index contributed by atoms with van der Waals surface area (Å²) >= 11 is 1.70. The fourth-order valence-corrected chi connectivity index (χ4v) is 3.69. The molecule has 1 amide bonds. The van der Waals surface area contributed by atoms with E-state index in [1.807, 2.05) is 24.3 Å². The second-order valence-electron chi connectivity index (χ2n) is 5.67. The summed E-state index contributed by atoms with van der Waals surface area (Å²) < 4.78 is 0. The van der Waals surface area contributed by atoms with Crippen LogP contribution in [0, 0.1) is 5.92 Å². The third-order valence-corrected chi connectivity index (χ3v) is 5.04. The van der Waals surface area contributed by atoms with E-state index in [-0.39, 0.29) is 11.9 Å². The van der Waals surface area contributed by atoms with E-state index in [1.54, 1.807) is 11.3 Å². The van der Waals surface area contributed by atoms with Crippen LogP contribution in [0.2, 0.25) is 0 Å². The normalized spacial score (nSPS) is 21.4. The lowest BCUT2D eigenvalue weighted by Crippen LogP contribution is -2.28. The zero-order valence-corrected chi connectivity index (χ0v) is 12.7. The van der Waals surface area contributed by atoms with E-state index >= 15 is 0 Å². The molecule has 3 rings (SSSR count). The first-order valence-corrected chi connectivity index (χ1v) is 8.30. The Morgan fingerprint density at radius 1 is 1.29 bits per heavy atom. The summed E-state index contributed by atoms with van der Waals surface area (Å²) in [6.45, 7) is 0. The maximum Gasteiger partial charge on any atom is 0.224 e. The van der Waals surface area contributed by atoms with Gasteiger partial charge in [-0.05, 0) is 47.9 Å². The summed E-state index contributed by atoms with van der Waals surface area (Å²) in [5, 5.41) is 5.06. The summed E-state index contributed by atoms with van der Waals surface area (Å²) in [7, 11) is 0. The molecule has 110 valence electrons. The highest BCUT2D eigenvalue weighted by atomic mass is 32.1. The Morgan fingerprint density at radius 2 is 2.19 bits per heavy atom. The fourth-order valence-electron chi connectivity index (χ4n) is 2.96. The van der Waals surface area contributed by atoms with Gasteiger partial charge in [-0.3, -0.25) is 4.79 Å². The highest BCUT2D eigenvalue weighted by Crippen LogP contribution is 2.29. The maximum absolute atomic E-state index is 12.1. The quantitative estimate of drug-likeness (QED) is 0.900. The number of hydrogen-bond donors (Lipinski definition) is 2. The molecule has 1 aromatic heterocycles. The lowest BCUT2D eigenvalue weighted by atomic mass is 10.00. The van der Waals surface area contributed by atoms with Crippen LogP contribution >= 0.6 is 11.3 Å². The average molecular weight is 300 g/mol. The number of anilines is 1. The monoisotopic (exact) mass is 300 g/mol. The van der Waals surface area contributed by atoms with Crippen molar-refractivity contribution >= 4 is 22.9 Å². The van der Waals surface area contributed by atoms with Gasteiger partial charge in [0.25, 0.3) is 0 Å². The van der Waals surface area contributed by atoms with Crippen molar-refractivity contribution in [3.05, 3.63) is 41.8 Å². The first kappa shape index (κ1) is 14.3. The molecule has 1 aromatic carbocycles. The Balaban J connectivity index is 1.65.